The number of aliphatic hydroxyl groups is 1. The number of hydrogen-bond donors (Lipinski definition) is 3. The Bertz CT molecular complexity index is 232. The van der Waals surface area contributed by atoms with Gasteiger partial charge in [0, 0.05) is 18.1 Å². The molecule has 0 radical (unpaired) electrons. The molecule has 0 aromatic rings. The molecule has 17 heavy (non-hydrogen) atoms. The largest absolute Gasteiger partial charge is 0.393 e. The molecule has 0 bridgehead atoms. The molecule has 1 rings (SSSR count). The Morgan fingerprint density at radius 3 is 2.59 bits per heavy atom. The fourth-order valence-electron chi connectivity index (χ4n) is 3.37. The second-order valence-electron chi connectivity index (χ2n) is 6.15. The van der Waals surface area contributed by atoms with Crippen LogP contribution < -0.4 is 11.1 Å². The molecule has 0 saturated heterocycles. The fraction of sp³-hybridized carbons (Fsp3) is 1.00. The molecule has 0 amide bonds. The van der Waals surface area contributed by atoms with Crippen molar-refractivity contribution in [2.24, 2.45) is 17.6 Å². The smallest absolute Gasteiger partial charge is 0.0526 e. The van der Waals surface area contributed by atoms with Crippen LogP contribution in [0.15, 0.2) is 0 Å². The molecule has 1 aliphatic carbocycles. The molecule has 0 aromatic carbocycles. The van der Waals surface area contributed by atoms with Gasteiger partial charge >= 0.3 is 0 Å². The zero-order valence-electron chi connectivity index (χ0n) is 11.9. The molecule has 0 heterocycles. The van der Waals surface area contributed by atoms with Crippen molar-refractivity contribution < 1.29 is 5.11 Å². The molecule has 1 saturated carbocycles. The summed E-state index contributed by atoms with van der Waals surface area (Å²) in [6.45, 7) is 9.34. The minimum atomic E-state index is -0.247. The van der Waals surface area contributed by atoms with E-state index in [0.29, 0.717) is 18.5 Å². The summed E-state index contributed by atoms with van der Waals surface area (Å²) in [5, 5.41) is 13.2. The van der Waals surface area contributed by atoms with Crippen LogP contribution in [0.4, 0.5) is 0 Å². The van der Waals surface area contributed by atoms with E-state index in [1.807, 2.05) is 6.92 Å². The topological polar surface area (TPSA) is 58.3 Å². The van der Waals surface area contributed by atoms with Crippen molar-refractivity contribution >= 4 is 0 Å². The van der Waals surface area contributed by atoms with Gasteiger partial charge in [-0.15, -0.1) is 0 Å². The van der Waals surface area contributed by atoms with E-state index in [2.05, 4.69) is 26.1 Å². The van der Waals surface area contributed by atoms with E-state index in [9.17, 15) is 5.11 Å². The van der Waals surface area contributed by atoms with Crippen LogP contribution in [0, 0.1) is 11.8 Å². The molecule has 5 unspecified atom stereocenters. The van der Waals surface area contributed by atoms with Crippen molar-refractivity contribution in [3.63, 3.8) is 0 Å². The first-order valence-corrected chi connectivity index (χ1v) is 7.07. The summed E-state index contributed by atoms with van der Waals surface area (Å²) in [7, 11) is 0. The Labute approximate surface area is 106 Å². The van der Waals surface area contributed by atoms with Gasteiger partial charge in [0.2, 0.25) is 0 Å². The predicted molar refractivity (Wildman–Crippen MR) is 72.9 cm³/mol. The lowest BCUT2D eigenvalue weighted by Gasteiger charge is -2.47. The van der Waals surface area contributed by atoms with E-state index in [1.165, 1.54) is 19.3 Å². The molecule has 1 aliphatic rings. The highest BCUT2D eigenvalue weighted by atomic mass is 16.3. The third-order valence-electron chi connectivity index (χ3n) is 4.60. The number of nitrogens with two attached hydrogens (primary N) is 1. The summed E-state index contributed by atoms with van der Waals surface area (Å²) in [4.78, 5) is 0. The highest BCUT2D eigenvalue weighted by molar-refractivity contribution is 4.99. The van der Waals surface area contributed by atoms with E-state index in [4.69, 9.17) is 5.73 Å². The molecule has 3 nitrogen and oxygen atoms in total. The number of hydrogen-bond acceptors (Lipinski definition) is 3. The first-order chi connectivity index (χ1) is 7.91. The summed E-state index contributed by atoms with van der Waals surface area (Å²) in [5.41, 5.74) is 6.12. The van der Waals surface area contributed by atoms with Gasteiger partial charge in [-0.3, -0.25) is 0 Å². The molecule has 5 atom stereocenters. The van der Waals surface area contributed by atoms with E-state index < -0.39 is 0 Å². The van der Waals surface area contributed by atoms with Crippen LogP contribution >= 0.6 is 0 Å². The van der Waals surface area contributed by atoms with Crippen LogP contribution in [0.5, 0.6) is 0 Å². The van der Waals surface area contributed by atoms with Gasteiger partial charge in [-0.05, 0) is 38.5 Å². The lowest BCUT2D eigenvalue weighted by atomic mass is 9.68. The maximum Gasteiger partial charge on any atom is 0.0526 e. The Morgan fingerprint density at radius 2 is 2.06 bits per heavy atom. The first-order valence-electron chi connectivity index (χ1n) is 7.07. The van der Waals surface area contributed by atoms with Crippen molar-refractivity contribution in [1.29, 1.82) is 0 Å². The van der Waals surface area contributed by atoms with Crippen molar-refractivity contribution in [1.82, 2.24) is 5.32 Å². The summed E-state index contributed by atoms with van der Waals surface area (Å²) < 4.78 is 0. The van der Waals surface area contributed by atoms with Crippen LogP contribution in [-0.2, 0) is 0 Å². The van der Waals surface area contributed by atoms with E-state index in [1.54, 1.807) is 0 Å². The Balaban J connectivity index is 2.67. The third-order valence-corrected chi connectivity index (χ3v) is 4.60. The minimum Gasteiger partial charge on any atom is -0.393 e. The Morgan fingerprint density at radius 1 is 1.41 bits per heavy atom. The number of nitrogens with one attached hydrogen (secondary N) is 1. The van der Waals surface area contributed by atoms with Crippen molar-refractivity contribution in [3.8, 4) is 0 Å². The van der Waals surface area contributed by atoms with Gasteiger partial charge in [-0.25, -0.2) is 0 Å². The van der Waals surface area contributed by atoms with E-state index in [0.717, 1.165) is 12.3 Å². The maximum atomic E-state index is 9.46. The average Bonchev–Trinajstić information content (AvgIpc) is 2.23. The molecule has 0 aromatic heterocycles. The third kappa shape index (κ3) is 3.67. The zero-order chi connectivity index (χ0) is 13.1. The second kappa shape index (κ2) is 6.17. The van der Waals surface area contributed by atoms with Gasteiger partial charge in [0.1, 0.15) is 0 Å². The molecular formula is C14H30N2O. The van der Waals surface area contributed by atoms with Gasteiger partial charge in [0.25, 0.3) is 0 Å². The Kier molecular flexibility index (Phi) is 5.42. The highest BCUT2D eigenvalue weighted by Gasteiger charge is 2.40. The van der Waals surface area contributed by atoms with Crippen molar-refractivity contribution in [2.75, 3.05) is 6.54 Å². The molecule has 1 fully saturated rings. The molecular weight excluding hydrogens is 212 g/mol. The van der Waals surface area contributed by atoms with Crippen LogP contribution in [-0.4, -0.2) is 29.3 Å². The maximum absolute atomic E-state index is 9.46. The molecule has 0 aliphatic heterocycles. The molecule has 3 heteroatoms. The summed E-state index contributed by atoms with van der Waals surface area (Å²) in [6, 6.07) is 0.325. The van der Waals surface area contributed by atoms with Crippen molar-refractivity contribution in [3.05, 3.63) is 0 Å². The van der Waals surface area contributed by atoms with Gasteiger partial charge in [0.05, 0.1) is 6.10 Å². The fourth-order valence-corrected chi connectivity index (χ4v) is 3.37. The molecule has 4 N–H and O–H groups in total. The predicted octanol–water partition coefficient (Wildman–Crippen LogP) is 1.89. The van der Waals surface area contributed by atoms with Crippen LogP contribution in [0.25, 0.3) is 0 Å². The van der Waals surface area contributed by atoms with E-state index in [-0.39, 0.29) is 11.6 Å². The normalized spacial score (nSPS) is 37.8. The monoisotopic (exact) mass is 242 g/mol. The summed E-state index contributed by atoms with van der Waals surface area (Å²) in [5.74, 6) is 1.34. The van der Waals surface area contributed by atoms with Crippen LogP contribution in [0.2, 0.25) is 0 Å². The highest BCUT2D eigenvalue weighted by Crippen LogP contribution is 2.37. The zero-order valence-corrected chi connectivity index (χ0v) is 11.9. The summed E-state index contributed by atoms with van der Waals surface area (Å²) in [6.07, 6.45) is 4.29. The quantitative estimate of drug-likeness (QED) is 0.690. The molecule has 102 valence electrons. The average molecular weight is 242 g/mol. The minimum absolute atomic E-state index is 0.0754. The second-order valence-corrected chi connectivity index (χ2v) is 6.15. The lowest BCUT2D eigenvalue weighted by Crippen LogP contribution is -2.61. The van der Waals surface area contributed by atoms with Gasteiger partial charge < -0.3 is 16.2 Å². The van der Waals surface area contributed by atoms with Gasteiger partial charge in [0.15, 0.2) is 0 Å². The van der Waals surface area contributed by atoms with Gasteiger partial charge in [-0.1, -0.05) is 26.7 Å². The standard InChI is InChI=1S/C14H30N2O/c1-10-6-5-7-14(9-15,13(10)4)16-11(2)8-12(3)17/h10-13,16-17H,5-9,15H2,1-4H3. The van der Waals surface area contributed by atoms with Gasteiger partial charge in [-0.2, -0.15) is 0 Å². The lowest BCUT2D eigenvalue weighted by molar-refractivity contribution is 0.0876. The number of aliphatic hydroxyl groups excluding tert-OH is 1. The first kappa shape index (κ1) is 14.9. The van der Waals surface area contributed by atoms with Crippen LogP contribution in [0.1, 0.15) is 53.4 Å². The van der Waals surface area contributed by atoms with E-state index >= 15 is 0 Å². The summed E-state index contributed by atoms with van der Waals surface area (Å²) >= 11 is 0. The van der Waals surface area contributed by atoms with Crippen molar-refractivity contribution in [2.45, 2.75) is 71.1 Å². The Hall–Kier alpha value is -0.120. The van der Waals surface area contributed by atoms with Crippen LogP contribution in [0.3, 0.4) is 0 Å². The SMILES string of the molecule is CC(O)CC(C)NC1(CN)CCCC(C)C1C. The number of rotatable bonds is 5. The molecule has 0 spiro atoms.